The van der Waals surface area contributed by atoms with Crippen molar-refractivity contribution in [3.63, 3.8) is 0 Å². The molecule has 4 heteroatoms. The lowest BCUT2D eigenvalue weighted by atomic mass is 10.2. The van der Waals surface area contributed by atoms with E-state index in [4.69, 9.17) is 5.73 Å². The van der Waals surface area contributed by atoms with Crippen LogP contribution in [0.3, 0.4) is 0 Å². The van der Waals surface area contributed by atoms with Crippen molar-refractivity contribution >= 4 is 18.4 Å². The number of carbonyl (C=O) groups is 1. The Bertz CT molecular complexity index is 171. The van der Waals surface area contributed by atoms with Crippen LogP contribution in [0.2, 0.25) is 0 Å². The van der Waals surface area contributed by atoms with Gasteiger partial charge in [-0.1, -0.05) is 13.3 Å². The SMILES string of the molecule is CCC(=O)OC.Cl.NC1C2CCCC12. The third-order valence-electron chi connectivity index (χ3n) is 2.99. The lowest BCUT2D eigenvalue weighted by Crippen LogP contribution is -2.05. The largest absolute Gasteiger partial charge is 0.469 e. The first-order chi connectivity index (χ1) is 6.20. The number of ether oxygens (including phenoxy) is 1. The molecule has 0 saturated heterocycles. The van der Waals surface area contributed by atoms with Gasteiger partial charge in [0.05, 0.1) is 7.11 Å². The Morgan fingerprint density at radius 1 is 1.43 bits per heavy atom. The van der Waals surface area contributed by atoms with Gasteiger partial charge in [0.15, 0.2) is 0 Å². The van der Waals surface area contributed by atoms with Crippen LogP contribution < -0.4 is 5.73 Å². The summed E-state index contributed by atoms with van der Waals surface area (Å²) in [6.45, 7) is 1.76. The molecule has 2 saturated carbocycles. The first-order valence-electron chi connectivity index (χ1n) is 5.03. The van der Waals surface area contributed by atoms with Crippen molar-refractivity contribution in [2.24, 2.45) is 17.6 Å². The fourth-order valence-electron chi connectivity index (χ4n) is 2.02. The molecule has 0 spiro atoms. The van der Waals surface area contributed by atoms with Crippen molar-refractivity contribution in [2.75, 3.05) is 7.11 Å². The predicted octanol–water partition coefficient (Wildman–Crippen LogP) is 1.73. The molecule has 2 atom stereocenters. The van der Waals surface area contributed by atoms with E-state index in [-0.39, 0.29) is 18.4 Å². The van der Waals surface area contributed by atoms with Crippen LogP contribution >= 0.6 is 12.4 Å². The maximum absolute atomic E-state index is 9.96. The predicted molar refractivity (Wildman–Crippen MR) is 58.4 cm³/mol. The van der Waals surface area contributed by atoms with Gasteiger partial charge in [-0.25, -0.2) is 0 Å². The molecule has 2 rings (SSSR count). The second-order valence-electron chi connectivity index (χ2n) is 3.77. The van der Waals surface area contributed by atoms with Crippen molar-refractivity contribution < 1.29 is 9.53 Å². The molecule has 2 aliphatic rings. The van der Waals surface area contributed by atoms with Gasteiger partial charge in [-0.15, -0.1) is 12.4 Å². The molecular weight excluding hydrogens is 202 g/mol. The van der Waals surface area contributed by atoms with E-state index in [0.717, 1.165) is 11.8 Å². The van der Waals surface area contributed by atoms with Crippen molar-refractivity contribution in [3.05, 3.63) is 0 Å². The van der Waals surface area contributed by atoms with Crippen molar-refractivity contribution in [1.29, 1.82) is 0 Å². The van der Waals surface area contributed by atoms with E-state index in [1.807, 2.05) is 0 Å². The quantitative estimate of drug-likeness (QED) is 0.687. The van der Waals surface area contributed by atoms with Gasteiger partial charge in [-0.05, 0) is 24.7 Å². The van der Waals surface area contributed by atoms with Crippen LogP contribution in [-0.4, -0.2) is 19.1 Å². The van der Waals surface area contributed by atoms with E-state index in [1.54, 1.807) is 6.92 Å². The lowest BCUT2D eigenvalue weighted by molar-refractivity contribution is -0.140. The number of nitrogens with two attached hydrogens (primary N) is 1. The number of methoxy groups -OCH3 is 1. The molecule has 0 aromatic carbocycles. The standard InChI is InChI=1S/C6H11N.C4H8O2.ClH/c7-6-4-2-1-3-5(4)6;1-3-4(5)6-2;/h4-6H,1-3,7H2;3H2,1-2H3;1H. The molecule has 0 amide bonds. The number of rotatable bonds is 1. The second-order valence-corrected chi connectivity index (χ2v) is 3.77. The summed E-state index contributed by atoms with van der Waals surface area (Å²) >= 11 is 0. The van der Waals surface area contributed by atoms with Crippen molar-refractivity contribution in [1.82, 2.24) is 0 Å². The summed E-state index contributed by atoms with van der Waals surface area (Å²) < 4.78 is 4.26. The Morgan fingerprint density at radius 3 is 2.07 bits per heavy atom. The van der Waals surface area contributed by atoms with E-state index in [1.165, 1.54) is 26.4 Å². The normalized spacial score (nSPS) is 31.8. The molecule has 2 aliphatic carbocycles. The van der Waals surface area contributed by atoms with Gasteiger partial charge < -0.3 is 10.5 Å². The Labute approximate surface area is 91.8 Å². The molecule has 0 aromatic heterocycles. The molecule has 2 N–H and O–H groups in total. The molecule has 14 heavy (non-hydrogen) atoms. The highest BCUT2D eigenvalue weighted by molar-refractivity contribution is 5.85. The van der Waals surface area contributed by atoms with Gasteiger partial charge in [0.25, 0.3) is 0 Å². The Hall–Kier alpha value is -0.280. The van der Waals surface area contributed by atoms with Gasteiger partial charge in [-0.2, -0.15) is 0 Å². The van der Waals surface area contributed by atoms with Gasteiger partial charge >= 0.3 is 5.97 Å². The monoisotopic (exact) mass is 221 g/mol. The zero-order chi connectivity index (χ0) is 9.84. The van der Waals surface area contributed by atoms with E-state index in [9.17, 15) is 4.79 Å². The summed E-state index contributed by atoms with van der Waals surface area (Å²) in [5, 5.41) is 0. The number of hydrogen-bond acceptors (Lipinski definition) is 3. The summed E-state index contributed by atoms with van der Waals surface area (Å²) in [7, 11) is 1.38. The zero-order valence-corrected chi connectivity index (χ0v) is 9.68. The third kappa shape index (κ3) is 3.46. The average Bonchev–Trinajstić information content (AvgIpc) is 2.63. The highest BCUT2D eigenvalue weighted by Crippen LogP contribution is 2.50. The fraction of sp³-hybridized carbons (Fsp3) is 0.900. The highest BCUT2D eigenvalue weighted by Gasteiger charge is 2.49. The second kappa shape index (κ2) is 6.25. The lowest BCUT2D eigenvalue weighted by Gasteiger charge is -1.90. The summed E-state index contributed by atoms with van der Waals surface area (Å²) in [6, 6.07) is 0.619. The van der Waals surface area contributed by atoms with E-state index in [2.05, 4.69) is 4.74 Å². The zero-order valence-electron chi connectivity index (χ0n) is 8.86. The van der Waals surface area contributed by atoms with Crippen LogP contribution in [0, 0.1) is 11.8 Å². The smallest absolute Gasteiger partial charge is 0.305 e. The number of halogens is 1. The van der Waals surface area contributed by atoms with Crippen molar-refractivity contribution in [2.45, 2.75) is 38.6 Å². The minimum atomic E-state index is -0.157. The summed E-state index contributed by atoms with van der Waals surface area (Å²) in [5.74, 6) is 1.76. The molecule has 3 nitrogen and oxygen atoms in total. The van der Waals surface area contributed by atoms with E-state index < -0.39 is 0 Å². The van der Waals surface area contributed by atoms with E-state index >= 15 is 0 Å². The molecular formula is C10H20ClNO2. The summed E-state index contributed by atoms with van der Waals surface area (Å²) in [5.41, 5.74) is 5.67. The summed E-state index contributed by atoms with van der Waals surface area (Å²) in [6.07, 6.45) is 4.76. The molecule has 0 heterocycles. The topological polar surface area (TPSA) is 52.3 Å². The maximum atomic E-state index is 9.96. The number of fused-ring (bicyclic) bond motifs is 1. The molecule has 2 unspecified atom stereocenters. The highest BCUT2D eigenvalue weighted by atomic mass is 35.5. The Kier molecular flexibility index (Phi) is 6.12. The molecule has 0 aliphatic heterocycles. The number of hydrogen-bond donors (Lipinski definition) is 1. The van der Waals surface area contributed by atoms with Gasteiger partial charge in [0.2, 0.25) is 0 Å². The molecule has 84 valence electrons. The number of carbonyl (C=O) groups excluding carboxylic acids is 1. The average molecular weight is 222 g/mol. The van der Waals surface area contributed by atoms with Gasteiger partial charge in [0, 0.05) is 12.5 Å². The Morgan fingerprint density at radius 2 is 1.93 bits per heavy atom. The molecule has 0 bridgehead atoms. The van der Waals surface area contributed by atoms with Crippen LogP contribution in [0.15, 0.2) is 0 Å². The maximum Gasteiger partial charge on any atom is 0.305 e. The van der Waals surface area contributed by atoms with Crippen molar-refractivity contribution in [3.8, 4) is 0 Å². The number of esters is 1. The summed E-state index contributed by atoms with van der Waals surface area (Å²) in [4.78, 5) is 9.96. The molecule has 0 radical (unpaired) electrons. The Balaban J connectivity index is 0.000000230. The van der Waals surface area contributed by atoms with Crippen LogP contribution in [-0.2, 0) is 9.53 Å². The third-order valence-corrected chi connectivity index (χ3v) is 2.99. The molecule has 2 fully saturated rings. The van der Waals surface area contributed by atoms with Crippen LogP contribution in [0.5, 0.6) is 0 Å². The van der Waals surface area contributed by atoms with Gasteiger partial charge in [0.1, 0.15) is 0 Å². The minimum absolute atomic E-state index is 0. The van der Waals surface area contributed by atoms with Crippen LogP contribution in [0.1, 0.15) is 32.6 Å². The first kappa shape index (κ1) is 13.7. The van der Waals surface area contributed by atoms with Crippen LogP contribution in [0.25, 0.3) is 0 Å². The first-order valence-corrected chi connectivity index (χ1v) is 5.03. The van der Waals surface area contributed by atoms with Crippen LogP contribution in [0.4, 0.5) is 0 Å². The minimum Gasteiger partial charge on any atom is -0.469 e. The fourth-order valence-corrected chi connectivity index (χ4v) is 2.02. The van der Waals surface area contributed by atoms with E-state index in [0.29, 0.717) is 12.5 Å². The molecule has 0 aromatic rings. The van der Waals surface area contributed by atoms with Gasteiger partial charge in [-0.3, -0.25) is 4.79 Å².